The van der Waals surface area contributed by atoms with Crippen LogP contribution in [0.1, 0.15) is 5.56 Å². The van der Waals surface area contributed by atoms with Crippen LogP contribution in [0.15, 0.2) is 29.2 Å². The summed E-state index contributed by atoms with van der Waals surface area (Å²) in [5, 5.41) is 11.5. The van der Waals surface area contributed by atoms with E-state index in [-0.39, 0.29) is 6.54 Å². The van der Waals surface area contributed by atoms with Gasteiger partial charge in [0.25, 0.3) is 0 Å². The van der Waals surface area contributed by atoms with Crippen molar-refractivity contribution in [1.29, 1.82) is 0 Å². The molecule has 0 aromatic heterocycles. The summed E-state index contributed by atoms with van der Waals surface area (Å²) in [5.41, 5.74) is 0.808. The Labute approximate surface area is 141 Å². The van der Waals surface area contributed by atoms with Gasteiger partial charge in [-0.3, -0.25) is 4.79 Å². The molecule has 1 aromatic carbocycles. The van der Waals surface area contributed by atoms with Gasteiger partial charge in [0.1, 0.15) is 0 Å². The summed E-state index contributed by atoms with van der Waals surface area (Å²) in [6.07, 6.45) is -2.72. The molecule has 0 aliphatic carbocycles. The van der Waals surface area contributed by atoms with Gasteiger partial charge in [-0.15, -0.1) is 11.8 Å². The molecule has 0 bridgehead atoms. The number of rotatable bonds is 4. The van der Waals surface area contributed by atoms with Gasteiger partial charge in [-0.2, -0.15) is 13.2 Å². The predicted molar refractivity (Wildman–Crippen MR) is 82.7 cm³/mol. The molecule has 2 atom stereocenters. The molecule has 2 amide bonds. The minimum atomic E-state index is -4.65. The highest BCUT2D eigenvalue weighted by atomic mass is 32.2. The van der Waals surface area contributed by atoms with Gasteiger partial charge in [0.15, 0.2) is 0 Å². The van der Waals surface area contributed by atoms with E-state index < -0.39 is 43.1 Å². The number of urea groups is 1. The third kappa shape index (κ3) is 4.34. The molecule has 5 nitrogen and oxygen atoms in total. The highest BCUT2D eigenvalue weighted by molar-refractivity contribution is 7.98. The monoisotopic (exact) mass is 362 g/mol. The first-order chi connectivity index (χ1) is 11.2. The van der Waals surface area contributed by atoms with Crippen molar-refractivity contribution in [2.24, 2.45) is 11.8 Å². The summed E-state index contributed by atoms with van der Waals surface area (Å²) in [7, 11) is 0. The quantitative estimate of drug-likeness (QED) is 0.808. The van der Waals surface area contributed by atoms with Crippen LogP contribution in [0.3, 0.4) is 0 Å². The third-order valence-electron chi connectivity index (χ3n) is 3.95. The predicted octanol–water partition coefficient (Wildman–Crippen LogP) is 2.81. The molecule has 1 heterocycles. The molecule has 1 aromatic rings. The Hall–Kier alpha value is -1.90. The van der Waals surface area contributed by atoms with Crippen molar-refractivity contribution in [2.75, 3.05) is 19.3 Å². The first-order valence-electron chi connectivity index (χ1n) is 7.17. The standard InChI is InChI=1S/C15H17F3N2O3S/c1-24-10-4-2-9(3-5-10)6-19-14(23)20-7-11(13(21)22)12(8-20)15(16,17)18/h2-5,11-12H,6-8H2,1H3,(H,19,23)(H,21,22)/t11-,12-/m1/s1. The van der Waals surface area contributed by atoms with Crippen molar-refractivity contribution in [3.8, 4) is 0 Å². The molecule has 1 aliphatic heterocycles. The number of carboxylic acids is 1. The molecule has 0 radical (unpaired) electrons. The van der Waals surface area contributed by atoms with Crippen molar-refractivity contribution in [2.45, 2.75) is 17.6 Å². The summed E-state index contributed by atoms with van der Waals surface area (Å²) in [5.74, 6) is -5.21. The second kappa shape index (κ2) is 7.33. The van der Waals surface area contributed by atoms with Gasteiger partial charge in [0.2, 0.25) is 0 Å². The third-order valence-corrected chi connectivity index (χ3v) is 4.69. The lowest BCUT2D eigenvalue weighted by molar-refractivity contribution is -0.187. The van der Waals surface area contributed by atoms with Crippen molar-refractivity contribution in [3.63, 3.8) is 0 Å². The van der Waals surface area contributed by atoms with Crippen LogP contribution in [0.2, 0.25) is 0 Å². The smallest absolute Gasteiger partial charge is 0.394 e. The highest BCUT2D eigenvalue weighted by Gasteiger charge is 2.53. The number of alkyl halides is 3. The Balaban J connectivity index is 1.96. The zero-order valence-electron chi connectivity index (χ0n) is 12.8. The van der Waals surface area contributed by atoms with Crippen LogP contribution in [0.4, 0.5) is 18.0 Å². The molecular weight excluding hydrogens is 345 g/mol. The van der Waals surface area contributed by atoms with Crippen LogP contribution in [0.25, 0.3) is 0 Å². The Morgan fingerprint density at radius 3 is 2.38 bits per heavy atom. The van der Waals surface area contributed by atoms with Crippen LogP contribution >= 0.6 is 11.8 Å². The van der Waals surface area contributed by atoms with E-state index in [1.165, 1.54) is 0 Å². The van der Waals surface area contributed by atoms with Crippen molar-refractivity contribution in [1.82, 2.24) is 10.2 Å². The number of hydrogen-bond acceptors (Lipinski definition) is 3. The molecule has 132 valence electrons. The zero-order valence-corrected chi connectivity index (χ0v) is 13.7. The SMILES string of the molecule is CSc1ccc(CNC(=O)N2C[C@@H](C(F)(F)F)[C@H](C(=O)O)C2)cc1. The van der Waals surface area contributed by atoms with Gasteiger partial charge < -0.3 is 15.3 Å². The van der Waals surface area contributed by atoms with Crippen LogP contribution in [0.5, 0.6) is 0 Å². The maximum atomic E-state index is 12.9. The number of halogens is 3. The summed E-state index contributed by atoms with van der Waals surface area (Å²) >= 11 is 1.57. The minimum Gasteiger partial charge on any atom is -0.481 e. The van der Waals surface area contributed by atoms with Crippen molar-refractivity contribution in [3.05, 3.63) is 29.8 Å². The van der Waals surface area contributed by atoms with E-state index in [0.717, 1.165) is 15.4 Å². The number of likely N-dealkylation sites (tertiary alicyclic amines) is 1. The molecule has 2 N–H and O–H groups in total. The number of thioether (sulfide) groups is 1. The molecule has 2 rings (SSSR count). The number of hydrogen-bond donors (Lipinski definition) is 2. The van der Waals surface area contributed by atoms with Gasteiger partial charge in [-0.1, -0.05) is 12.1 Å². The normalized spacial score (nSPS) is 20.9. The van der Waals surface area contributed by atoms with E-state index in [4.69, 9.17) is 5.11 Å². The van der Waals surface area contributed by atoms with Gasteiger partial charge in [-0.05, 0) is 24.0 Å². The molecular formula is C15H17F3N2O3S. The van der Waals surface area contributed by atoms with Crippen LogP contribution in [-0.4, -0.2) is 47.5 Å². The maximum absolute atomic E-state index is 12.9. The van der Waals surface area contributed by atoms with E-state index in [9.17, 15) is 22.8 Å². The summed E-state index contributed by atoms with van der Waals surface area (Å²) in [6.45, 7) is -0.924. The molecule has 1 saturated heterocycles. The van der Waals surface area contributed by atoms with E-state index in [0.29, 0.717) is 0 Å². The molecule has 0 saturated carbocycles. The van der Waals surface area contributed by atoms with Crippen LogP contribution in [-0.2, 0) is 11.3 Å². The largest absolute Gasteiger partial charge is 0.481 e. The van der Waals surface area contributed by atoms with Gasteiger partial charge in [0.05, 0.1) is 11.8 Å². The fraction of sp³-hybridized carbons (Fsp3) is 0.467. The average Bonchev–Trinajstić information content (AvgIpc) is 2.99. The number of nitrogens with one attached hydrogen (secondary N) is 1. The molecule has 0 unspecified atom stereocenters. The van der Waals surface area contributed by atoms with Gasteiger partial charge in [0, 0.05) is 24.5 Å². The van der Waals surface area contributed by atoms with Crippen LogP contribution in [0, 0.1) is 11.8 Å². The summed E-state index contributed by atoms with van der Waals surface area (Å²) < 4.78 is 38.7. The van der Waals surface area contributed by atoms with E-state index in [1.54, 1.807) is 11.8 Å². The first kappa shape index (κ1) is 18.4. The molecule has 1 aliphatic rings. The summed E-state index contributed by atoms with van der Waals surface area (Å²) in [6, 6.07) is 6.69. The van der Waals surface area contributed by atoms with Crippen molar-refractivity contribution >= 4 is 23.8 Å². The second-order valence-electron chi connectivity index (χ2n) is 5.50. The second-order valence-corrected chi connectivity index (χ2v) is 6.38. The number of nitrogens with zero attached hydrogens (tertiary/aromatic N) is 1. The number of benzene rings is 1. The lowest BCUT2D eigenvalue weighted by Crippen LogP contribution is -2.39. The van der Waals surface area contributed by atoms with Gasteiger partial charge >= 0.3 is 18.2 Å². The minimum absolute atomic E-state index is 0.165. The highest BCUT2D eigenvalue weighted by Crippen LogP contribution is 2.37. The average molecular weight is 362 g/mol. The zero-order chi connectivity index (χ0) is 17.9. The maximum Gasteiger partial charge on any atom is 0.394 e. The Morgan fingerprint density at radius 2 is 1.92 bits per heavy atom. The topological polar surface area (TPSA) is 69.6 Å². The van der Waals surface area contributed by atoms with E-state index in [1.807, 2.05) is 30.5 Å². The van der Waals surface area contributed by atoms with E-state index in [2.05, 4.69) is 5.32 Å². The molecule has 0 spiro atoms. The molecule has 9 heteroatoms. The first-order valence-corrected chi connectivity index (χ1v) is 8.40. The fourth-order valence-electron chi connectivity index (χ4n) is 2.58. The number of amides is 2. The van der Waals surface area contributed by atoms with Gasteiger partial charge in [-0.25, -0.2) is 4.79 Å². The lowest BCUT2D eigenvalue weighted by atomic mass is 9.96. The van der Waals surface area contributed by atoms with E-state index >= 15 is 0 Å². The molecule has 24 heavy (non-hydrogen) atoms. The number of carboxylic acid groups (broad SMARTS) is 1. The fourth-order valence-corrected chi connectivity index (χ4v) is 2.99. The summed E-state index contributed by atoms with van der Waals surface area (Å²) in [4.78, 5) is 25.0. The number of carbonyl (C=O) groups excluding carboxylic acids is 1. The Kier molecular flexibility index (Phi) is 5.63. The Morgan fingerprint density at radius 1 is 1.29 bits per heavy atom. The lowest BCUT2D eigenvalue weighted by Gasteiger charge is -2.18. The number of aliphatic carboxylic acids is 1. The van der Waals surface area contributed by atoms with Crippen LogP contribution < -0.4 is 5.32 Å². The molecule has 1 fully saturated rings. The Bertz CT molecular complexity index is 607. The van der Waals surface area contributed by atoms with Crippen molar-refractivity contribution < 1.29 is 27.9 Å². The number of carbonyl (C=O) groups is 2.